The summed E-state index contributed by atoms with van der Waals surface area (Å²) in [5.41, 5.74) is 0.301. The molecule has 1 aromatic rings. The first-order valence-electron chi connectivity index (χ1n) is 8.11. The number of allylic oxidation sites excluding steroid dienone is 2. The van der Waals surface area contributed by atoms with Crippen LogP contribution in [-0.4, -0.2) is 48.3 Å². The van der Waals surface area contributed by atoms with Crippen molar-refractivity contribution in [1.82, 2.24) is 10.2 Å². The van der Waals surface area contributed by atoms with E-state index in [0.717, 1.165) is 0 Å². The van der Waals surface area contributed by atoms with E-state index in [4.69, 9.17) is 9.47 Å². The Labute approximate surface area is 145 Å². The maximum atomic E-state index is 12.4. The molecule has 2 unspecified atom stereocenters. The molecule has 2 aliphatic rings. The van der Waals surface area contributed by atoms with Crippen molar-refractivity contribution < 1.29 is 23.9 Å². The van der Waals surface area contributed by atoms with Crippen molar-refractivity contribution in [3.05, 3.63) is 41.8 Å². The molecule has 7 heteroatoms. The van der Waals surface area contributed by atoms with Gasteiger partial charge in [0.25, 0.3) is 11.8 Å². The number of methoxy groups -OCH3 is 1. The van der Waals surface area contributed by atoms with Crippen LogP contribution in [0.5, 0.6) is 5.75 Å². The summed E-state index contributed by atoms with van der Waals surface area (Å²) >= 11 is 0. The molecule has 1 saturated heterocycles. The lowest BCUT2D eigenvalue weighted by Gasteiger charge is -2.50. The normalized spacial score (nSPS) is 22.0. The number of para-hydroxylation sites is 1. The Bertz CT molecular complexity index is 728. The summed E-state index contributed by atoms with van der Waals surface area (Å²) in [5, 5.41) is 2.70. The van der Waals surface area contributed by atoms with Crippen LogP contribution in [0.2, 0.25) is 0 Å². The van der Waals surface area contributed by atoms with Crippen molar-refractivity contribution >= 4 is 17.6 Å². The minimum absolute atomic E-state index is 0.167. The highest BCUT2D eigenvalue weighted by atomic mass is 16.5. The van der Waals surface area contributed by atoms with Crippen molar-refractivity contribution in [2.45, 2.75) is 31.8 Å². The largest absolute Gasteiger partial charge is 0.499 e. The van der Waals surface area contributed by atoms with Gasteiger partial charge in [0.15, 0.2) is 12.4 Å². The van der Waals surface area contributed by atoms with E-state index in [9.17, 15) is 14.4 Å². The number of benzene rings is 1. The maximum absolute atomic E-state index is 12.4. The topological polar surface area (TPSA) is 84.9 Å². The third-order valence-corrected chi connectivity index (χ3v) is 4.40. The van der Waals surface area contributed by atoms with Gasteiger partial charge in [0.05, 0.1) is 13.2 Å². The van der Waals surface area contributed by atoms with Gasteiger partial charge in [-0.25, -0.2) is 0 Å². The highest BCUT2D eigenvalue weighted by molar-refractivity contribution is 6.03. The standard InChI is InChI=1S/C18H20N2O5/c1-11(21)17-14(24-2)9-8-13-16(18(23)20(13)17)19-15(22)10-25-12-6-4-3-5-7-12/h3-7,13,16H,8-10H2,1-2H3,(H,19,22). The lowest BCUT2D eigenvalue weighted by Crippen LogP contribution is -2.71. The molecule has 132 valence electrons. The van der Waals surface area contributed by atoms with Gasteiger partial charge in [0.1, 0.15) is 23.2 Å². The SMILES string of the molecule is COC1=C(C(C)=O)N2C(=O)C(NC(=O)COc3ccccc3)C2CC1. The number of amides is 2. The van der Waals surface area contributed by atoms with E-state index in [2.05, 4.69) is 5.32 Å². The predicted octanol–water partition coefficient (Wildman–Crippen LogP) is 1.00. The number of ketones is 1. The fourth-order valence-corrected chi connectivity index (χ4v) is 3.25. The number of β-lactam (4-membered cyclic amide) rings is 1. The summed E-state index contributed by atoms with van der Waals surface area (Å²) < 4.78 is 10.6. The van der Waals surface area contributed by atoms with E-state index < -0.39 is 6.04 Å². The number of rotatable bonds is 6. The second kappa shape index (κ2) is 6.96. The number of hydrogen-bond donors (Lipinski definition) is 1. The minimum Gasteiger partial charge on any atom is -0.499 e. The van der Waals surface area contributed by atoms with Crippen LogP contribution in [0.25, 0.3) is 0 Å². The van der Waals surface area contributed by atoms with Crippen LogP contribution >= 0.6 is 0 Å². The van der Waals surface area contributed by atoms with Crippen molar-refractivity contribution in [3.63, 3.8) is 0 Å². The molecule has 1 aromatic carbocycles. The molecule has 0 aromatic heterocycles. The maximum Gasteiger partial charge on any atom is 0.258 e. The summed E-state index contributed by atoms with van der Waals surface area (Å²) in [7, 11) is 1.49. The molecule has 2 heterocycles. The van der Waals surface area contributed by atoms with E-state index in [1.54, 1.807) is 12.1 Å². The first kappa shape index (κ1) is 17.0. The average molecular weight is 344 g/mol. The fraction of sp³-hybridized carbons (Fsp3) is 0.389. The molecular weight excluding hydrogens is 324 g/mol. The quantitative estimate of drug-likeness (QED) is 0.778. The highest BCUT2D eigenvalue weighted by Gasteiger charge is 2.53. The summed E-state index contributed by atoms with van der Waals surface area (Å²) in [6.45, 7) is 1.24. The molecule has 2 aliphatic heterocycles. The molecule has 1 N–H and O–H groups in total. The molecule has 7 nitrogen and oxygen atoms in total. The molecule has 0 saturated carbocycles. The minimum atomic E-state index is -0.625. The number of hydrogen-bond acceptors (Lipinski definition) is 5. The second-order valence-electron chi connectivity index (χ2n) is 5.99. The van der Waals surface area contributed by atoms with E-state index in [0.29, 0.717) is 30.0 Å². The van der Waals surface area contributed by atoms with Crippen molar-refractivity contribution in [1.29, 1.82) is 0 Å². The third kappa shape index (κ3) is 3.22. The Morgan fingerprint density at radius 3 is 2.64 bits per heavy atom. The summed E-state index contributed by atoms with van der Waals surface area (Å²) in [4.78, 5) is 37.8. The smallest absolute Gasteiger partial charge is 0.258 e. The van der Waals surface area contributed by atoms with Crippen LogP contribution in [0.3, 0.4) is 0 Å². The van der Waals surface area contributed by atoms with E-state index in [1.807, 2.05) is 18.2 Å². The average Bonchev–Trinajstić information content (AvgIpc) is 2.63. The van der Waals surface area contributed by atoms with E-state index in [-0.39, 0.29) is 30.2 Å². The fourth-order valence-electron chi connectivity index (χ4n) is 3.25. The molecular formula is C18H20N2O5. The monoisotopic (exact) mass is 344 g/mol. The number of ether oxygens (including phenoxy) is 2. The van der Waals surface area contributed by atoms with Crippen LogP contribution in [0, 0.1) is 0 Å². The van der Waals surface area contributed by atoms with E-state index in [1.165, 1.54) is 18.9 Å². The number of nitrogens with one attached hydrogen (secondary N) is 1. The molecule has 3 rings (SSSR count). The third-order valence-electron chi connectivity index (χ3n) is 4.40. The zero-order valence-electron chi connectivity index (χ0n) is 14.2. The summed E-state index contributed by atoms with van der Waals surface area (Å²) in [6.07, 6.45) is 1.20. The van der Waals surface area contributed by atoms with Crippen LogP contribution in [0.15, 0.2) is 41.8 Å². The summed E-state index contributed by atoms with van der Waals surface area (Å²) in [6, 6.07) is 8.14. The molecule has 0 radical (unpaired) electrons. The number of fused-ring (bicyclic) bond motifs is 1. The molecule has 1 fully saturated rings. The number of carbonyl (C=O) groups is 3. The van der Waals surface area contributed by atoms with Gasteiger partial charge in [-0.1, -0.05) is 18.2 Å². The van der Waals surface area contributed by atoms with Crippen molar-refractivity contribution in [3.8, 4) is 5.75 Å². The van der Waals surface area contributed by atoms with Gasteiger partial charge in [-0.05, 0) is 18.6 Å². The summed E-state index contributed by atoms with van der Waals surface area (Å²) in [5.74, 6) is 0.232. The van der Waals surface area contributed by atoms with Crippen LogP contribution in [0.1, 0.15) is 19.8 Å². The number of Topliss-reactive ketones (excluding diaryl/α,β-unsaturated/α-hetero) is 1. The van der Waals surface area contributed by atoms with Crippen molar-refractivity contribution in [2.75, 3.05) is 13.7 Å². The molecule has 0 bridgehead atoms. The first-order chi connectivity index (χ1) is 12.0. The van der Waals surface area contributed by atoms with E-state index >= 15 is 0 Å². The van der Waals surface area contributed by atoms with Crippen LogP contribution in [0.4, 0.5) is 0 Å². The zero-order chi connectivity index (χ0) is 18.0. The first-order valence-corrected chi connectivity index (χ1v) is 8.11. The predicted molar refractivity (Wildman–Crippen MR) is 88.5 cm³/mol. The van der Waals surface area contributed by atoms with Crippen LogP contribution < -0.4 is 10.1 Å². The van der Waals surface area contributed by atoms with Gasteiger partial charge in [0.2, 0.25) is 0 Å². The lowest BCUT2D eigenvalue weighted by molar-refractivity contribution is -0.153. The second-order valence-corrected chi connectivity index (χ2v) is 5.99. The highest BCUT2D eigenvalue weighted by Crippen LogP contribution is 2.37. The van der Waals surface area contributed by atoms with Gasteiger partial charge < -0.3 is 14.8 Å². The number of carbonyl (C=O) groups excluding carboxylic acids is 3. The van der Waals surface area contributed by atoms with Crippen LogP contribution in [-0.2, 0) is 19.1 Å². The Morgan fingerprint density at radius 2 is 2.00 bits per heavy atom. The Hall–Kier alpha value is -2.83. The molecule has 0 spiro atoms. The molecule has 2 atom stereocenters. The Morgan fingerprint density at radius 1 is 1.28 bits per heavy atom. The molecule has 2 amide bonds. The Balaban J connectivity index is 1.61. The van der Waals surface area contributed by atoms with Gasteiger partial charge in [-0.3, -0.25) is 19.3 Å². The van der Waals surface area contributed by atoms with Gasteiger partial charge >= 0.3 is 0 Å². The van der Waals surface area contributed by atoms with Gasteiger partial charge in [-0.2, -0.15) is 0 Å². The van der Waals surface area contributed by atoms with Gasteiger partial charge in [0, 0.05) is 13.3 Å². The zero-order valence-corrected chi connectivity index (χ0v) is 14.2. The Kier molecular flexibility index (Phi) is 4.74. The van der Waals surface area contributed by atoms with Crippen molar-refractivity contribution in [2.24, 2.45) is 0 Å². The molecule has 0 aliphatic carbocycles. The lowest BCUT2D eigenvalue weighted by atomic mass is 9.85. The van der Waals surface area contributed by atoms with Gasteiger partial charge in [-0.15, -0.1) is 0 Å². The molecule has 25 heavy (non-hydrogen) atoms. The number of nitrogens with zero attached hydrogens (tertiary/aromatic N) is 1.